The lowest BCUT2D eigenvalue weighted by Gasteiger charge is -2.09. The van der Waals surface area contributed by atoms with E-state index in [1.165, 1.54) is 17.0 Å². The Bertz CT molecular complexity index is 572. The van der Waals surface area contributed by atoms with Crippen LogP contribution in [0.4, 0.5) is 0 Å². The summed E-state index contributed by atoms with van der Waals surface area (Å²) >= 11 is 0. The Morgan fingerprint density at radius 1 is 1.31 bits per heavy atom. The predicted molar refractivity (Wildman–Crippen MR) is 60.7 cm³/mol. The van der Waals surface area contributed by atoms with E-state index in [1.807, 2.05) is 14.1 Å². The first-order valence-electron chi connectivity index (χ1n) is 5.11. The van der Waals surface area contributed by atoms with Crippen LogP contribution >= 0.6 is 0 Å². The van der Waals surface area contributed by atoms with Crippen LogP contribution in [0.5, 0.6) is 5.75 Å². The molecule has 1 aromatic carbocycles. The second kappa shape index (κ2) is 3.98. The SMILES string of the molecule is C[NH+](C)Cc1cc(=O)oc2cc(O)ccc12. The maximum absolute atomic E-state index is 11.3. The van der Waals surface area contributed by atoms with Gasteiger partial charge in [0.25, 0.3) is 0 Å². The normalized spacial score (nSPS) is 11.2. The molecule has 0 amide bonds. The molecule has 4 nitrogen and oxygen atoms in total. The fourth-order valence-electron chi connectivity index (χ4n) is 1.75. The van der Waals surface area contributed by atoms with Gasteiger partial charge in [-0.3, -0.25) is 0 Å². The van der Waals surface area contributed by atoms with Crippen LogP contribution < -0.4 is 10.5 Å². The lowest BCUT2D eigenvalue weighted by molar-refractivity contribution is -0.872. The highest BCUT2D eigenvalue weighted by molar-refractivity contribution is 5.81. The van der Waals surface area contributed by atoms with Gasteiger partial charge in [-0.2, -0.15) is 0 Å². The van der Waals surface area contributed by atoms with Crippen LogP contribution in [0.15, 0.2) is 33.5 Å². The van der Waals surface area contributed by atoms with Gasteiger partial charge in [-0.05, 0) is 12.1 Å². The van der Waals surface area contributed by atoms with Gasteiger partial charge in [-0.15, -0.1) is 0 Å². The summed E-state index contributed by atoms with van der Waals surface area (Å²) < 4.78 is 5.04. The van der Waals surface area contributed by atoms with Gasteiger partial charge in [-0.25, -0.2) is 4.79 Å². The molecule has 0 bridgehead atoms. The maximum Gasteiger partial charge on any atom is 0.336 e. The van der Waals surface area contributed by atoms with Crippen molar-refractivity contribution in [2.45, 2.75) is 6.54 Å². The molecule has 0 unspecified atom stereocenters. The maximum atomic E-state index is 11.3. The number of fused-ring (bicyclic) bond motifs is 1. The third kappa shape index (κ3) is 2.06. The molecule has 0 aliphatic carbocycles. The lowest BCUT2D eigenvalue weighted by atomic mass is 10.1. The standard InChI is InChI=1S/C12H13NO3/c1-13(2)7-8-5-12(15)16-11-6-9(14)3-4-10(8)11/h3-6,14H,7H2,1-2H3/p+1. The second-order valence-corrected chi connectivity index (χ2v) is 4.16. The zero-order chi connectivity index (χ0) is 11.7. The van der Waals surface area contributed by atoms with E-state index in [2.05, 4.69) is 0 Å². The van der Waals surface area contributed by atoms with E-state index >= 15 is 0 Å². The van der Waals surface area contributed by atoms with Crippen molar-refractivity contribution >= 4 is 11.0 Å². The Morgan fingerprint density at radius 3 is 2.75 bits per heavy atom. The summed E-state index contributed by atoms with van der Waals surface area (Å²) in [5, 5.41) is 10.2. The summed E-state index contributed by atoms with van der Waals surface area (Å²) in [5.41, 5.74) is 0.990. The van der Waals surface area contributed by atoms with E-state index in [1.54, 1.807) is 12.1 Å². The fraction of sp³-hybridized carbons (Fsp3) is 0.250. The summed E-state index contributed by atoms with van der Waals surface area (Å²) in [5.74, 6) is 0.102. The second-order valence-electron chi connectivity index (χ2n) is 4.16. The number of rotatable bonds is 2. The molecule has 0 saturated carbocycles. The van der Waals surface area contributed by atoms with Crippen LogP contribution in [0, 0.1) is 0 Å². The van der Waals surface area contributed by atoms with Crippen molar-refractivity contribution in [3.05, 3.63) is 40.2 Å². The first-order valence-corrected chi connectivity index (χ1v) is 5.11. The molecule has 16 heavy (non-hydrogen) atoms. The largest absolute Gasteiger partial charge is 0.508 e. The number of hydrogen-bond donors (Lipinski definition) is 2. The number of nitrogens with one attached hydrogen (secondary N) is 1. The van der Waals surface area contributed by atoms with E-state index < -0.39 is 0 Å². The van der Waals surface area contributed by atoms with E-state index in [-0.39, 0.29) is 11.4 Å². The molecule has 0 spiro atoms. The van der Waals surface area contributed by atoms with Crippen LogP contribution in [-0.2, 0) is 6.54 Å². The minimum Gasteiger partial charge on any atom is -0.508 e. The molecule has 0 radical (unpaired) electrons. The summed E-state index contributed by atoms with van der Waals surface area (Å²) in [6, 6.07) is 6.33. The Kier molecular flexibility index (Phi) is 2.66. The van der Waals surface area contributed by atoms with Crippen molar-refractivity contribution in [3.8, 4) is 5.75 Å². The molecule has 2 N–H and O–H groups in total. The Balaban J connectivity index is 2.68. The zero-order valence-corrected chi connectivity index (χ0v) is 9.28. The minimum absolute atomic E-state index is 0.102. The highest BCUT2D eigenvalue weighted by Gasteiger charge is 2.08. The van der Waals surface area contributed by atoms with E-state index in [0.29, 0.717) is 5.58 Å². The fourth-order valence-corrected chi connectivity index (χ4v) is 1.75. The predicted octanol–water partition coefficient (Wildman–Crippen LogP) is 0.143. The number of benzene rings is 1. The highest BCUT2D eigenvalue weighted by atomic mass is 16.4. The van der Waals surface area contributed by atoms with Crippen molar-refractivity contribution in [2.24, 2.45) is 0 Å². The molecule has 1 aromatic heterocycles. The first kappa shape index (κ1) is 10.7. The Morgan fingerprint density at radius 2 is 2.06 bits per heavy atom. The van der Waals surface area contributed by atoms with Crippen molar-refractivity contribution in [2.75, 3.05) is 14.1 Å². The molecule has 0 fully saturated rings. The molecular weight excluding hydrogens is 206 g/mol. The third-order valence-corrected chi connectivity index (χ3v) is 2.36. The molecule has 0 aliphatic heterocycles. The van der Waals surface area contributed by atoms with E-state index in [0.717, 1.165) is 17.5 Å². The minimum atomic E-state index is -0.380. The van der Waals surface area contributed by atoms with Gasteiger partial charge in [-0.1, -0.05) is 0 Å². The van der Waals surface area contributed by atoms with Crippen LogP contribution in [0.2, 0.25) is 0 Å². The van der Waals surface area contributed by atoms with Gasteiger partial charge in [0.1, 0.15) is 17.9 Å². The average molecular weight is 220 g/mol. The summed E-state index contributed by atoms with van der Waals surface area (Å²) in [6.07, 6.45) is 0. The summed E-state index contributed by atoms with van der Waals surface area (Å²) in [4.78, 5) is 12.6. The molecule has 0 aliphatic rings. The molecular formula is C12H14NO3+. The van der Waals surface area contributed by atoms with Crippen LogP contribution in [0.1, 0.15) is 5.56 Å². The van der Waals surface area contributed by atoms with Gasteiger partial charge in [0, 0.05) is 23.1 Å². The number of aromatic hydroxyl groups is 1. The van der Waals surface area contributed by atoms with Gasteiger partial charge in [0.15, 0.2) is 0 Å². The van der Waals surface area contributed by atoms with E-state index in [9.17, 15) is 9.90 Å². The summed E-state index contributed by atoms with van der Waals surface area (Å²) in [6.45, 7) is 0.743. The number of phenols is 1. The number of quaternary nitrogens is 1. The third-order valence-electron chi connectivity index (χ3n) is 2.36. The topological polar surface area (TPSA) is 54.9 Å². The van der Waals surface area contributed by atoms with Crippen molar-refractivity contribution in [3.63, 3.8) is 0 Å². The van der Waals surface area contributed by atoms with Gasteiger partial charge in [0.05, 0.1) is 14.1 Å². The van der Waals surface area contributed by atoms with E-state index in [4.69, 9.17) is 4.42 Å². The van der Waals surface area contributed by atoms with Gasteiger partial charge >= 0.3 is 5.63 Å². The van der Waals surface area contributed by atoms with Crippen molar-refractivity contribution < 1.29 is 14.4 Å². The first-order chi connectivity index (χ1) is 7.56. The summed E-state index contributed by atoms with van der Waals surface area (Å²) in [7, 11) is 4.03. The van der Waals surface area contributed by atoms with Gasteiger partial charge in [0.2, 0.25) is 0 Å². The smallest absolute Gasteiger partial charge is 0.336 e. The molecule has 0 saturated heterocycles. The van der Waals surface area contributed by atoms with Crippen LogP contribution in [0.3, 0.4) is 0 Å². The monoisotopic (exact) mass is 220 g/mol. The molecule has 0 atom stereocenters. The van der Waals surface area contributed by atoms with Crippen molar-refractivity contribution in [1.82, 2.24) is 0 Å². The molecule has 84 valence electrons. The Hall–Kier alpha value is -1.81. The number of hydrogen-bond acceptors (Lipinski definition) is 3. The van der Waals surface area contributed by atoms with Crippen LogP contribution in [0.25, 0.3) is 11.0 Å². The zero-order valence-electron chi connectivity index (χ0n) is 9.28. The number of phenolic OH excluding ortho intramolecular Hbond substituents is 1. The molecule has 2 rings (SSSR count). The lowest BCUT2D eigenvalue weighted by Crippen LogP contribution is -3.04. The van der Waals surface area contributed by atoms with Crippen molar-refractivity contribution in [1.29, 1.82) is 0 Å². The van der Waals surface area contributed by atoms with Crippen LogP contribution in [-0.4, -0.2) is 19.2 Å². The highest BCUT2D eigenvalue weighted by Crippen LogP contribution is 2.21. The molecule has 1 heterocycles. The molecule has 2 aromatic rings. The molecule has 4 heteroatoms. The average Bonchev–Trinajstić information content (AvgIpc) is 2.15. The quantitative estimate of drug-likeness (QED) is 0.708. The Labute approximate surface area is 92.7 Å². The van der Waals surface area contributed by atoms with Gasteiger partial charge < -0.3 is 14.4 Å².